The fourth-order valence-corrected chi connectivity index (χ4v) is 2.21. The molecule has 1 aromatic carbocycles. The lowest BCUT2D eigenvalue weighted by molar-refractivity contribution is 0.520. The van der Waals surface area contributed by atoms with Crippen LogP contribution in [0.25, 0.3) is 0 Å². The van der Waals surface area contributed by atoms with Gasteiger partial charge in [0, 0.05) is 17.5 Å². The van der Waals surface area contributed by atoms with Crippen molar-refractivity contribution < 1.29 is 0 Å². The molecule has 0 heterocycles. The number of benzene rings is 1. The minimum atomic E-state index is 0.373. The standard InChI is InChI=1S/C15H20ClN/c1-4-6-7-8-15(17-5-2)14-10-9-13(16)11-12(14)3/h9-11,15,17H,5,7-8H2,1-3H3. The molecule has 1 N–H and O–H groups in total. The molecule has 0 aliphatic heterocycles. The van der Waals surface area contributed by atoms with Crippen LogP contribution in [0.2, 0.25) is 5.02 Å². The molecule has 0 spiro atoms. The lowest BCUT2D eigenvalue weighted by atomic mass is 9.97. The average Bonchev–Trinajstić information content (AvgIpc) is 2.28. The largest absolute Gasteiger partial charge is 0.310 e. The topological polar surface area (TPSA) is 12.0 Å². The summed E-state index contributed by atoms with van der Waals surface area (Å²) in [6.45, 7) is 7.09. The molecule has 1 atom stereocenters. The molecule has 0 saturated heterocycles. The number of halogens is 1. The molecule has 1 rings (SSSR count). The fraction of sp³-hybridized carbons (Fsp3) is 0.467. The van der Waals surface area contributed by atoms with Gasteiger partial charge in [-0.3, -0.25) is 0 Å². The van der Waals surface area contributed by atoms with E-state index in [2.05, 4.69) is 37.1 Å². The quantitative estimate of drug-likeness (QED) is 0.775. The molecule has 0 aromatic heterocycles. The molecule has 1 aromatic rings. The summed E-state index contributed by atoms with van der Waals surface area (Å²) in [5.74, 6) is 6.06. The van der Waals surface area contributed by atoms with E-state index < -0.39 is 0 Å². The summed E-state index contributed by atoms with van der Waals surface area (Å²) in [5, 5.41) is 4.31. The van der Waals surface area contributed by atoms with Gasteiger partial charge < -0.3 is 5.32 Å². The van der Waals surface area contributed by atoms with Crippen molar-refractivity contribution in [3.63, 3.8) is 0 Å². The molecule has 0 fully saturated rings. The minimum Gasteiger partial charge on any atom is -0.310 e. The van der Waals surface area contributed by atoms with Crippen molar-refractivity contribution >= 4 is 11.6 Å². The summed E-state index contributed by atoms with van der Waals surface area (Å²) < 4.78 is 0. The Morgan fingerprint density at radius 3 is 2.76 bits per heavy atom. The molecule has 92 valence electrons. The van der Waals surface area contributed by atoms with Crippen LogP contribution in [0.1, 0.15) is 43.9 Å². The van der Waals surface area contributed by atoms with Crippen LogP contribution in [0.4, 0.5) is 0 Å². The number of hydrogen-bond acceptors (Lipinski definition) is 1. The first kappa shape index (κ1) is 14.1. The second-order valence-corrected chi connectivity index (χ2v) is 4.51. The molecule has 0 radical (unpaired) electrons. The van der Waals surface area contributed by atoms with Gasteiger partial charge >= 0.3 is 0 Å². The highest BCUT2D eigenvalue weighted by Gasteiger charge is 2.11. The lowest BCUT2D eigenvalue weighted by Gasteiger charge is -2.19. The van der Waals surface area contributed by atoms with Crippen LogP contribution in [0.15, 0.2) is 18.2 Å². The number of rotatable bonds is 5. The van der Waals surface area contributed by atoms with E-state index in [9.17, 15) is 0 Å². The molecule has 0 amide bonds. The number of aryl methyl sites for hydroxylation is 1. The monoisotopic (exact) mass is 249 g/mol. The predicted octanol–water partition coefficient (Wildman–Crippen LogP) is 4.10. The van der Waals surface area contributed by atoms with Gasteiger partial charge in [0.2, 0.25) is 0 Å². The van der Waals surface area contributed by atoms with E-state index in [1.54, 1.807) is 0 Å². The van der Waals surface area contributed by atoms with E-state index in [-0.39, 0.29) is 0 Å². The van der Waals surface area contributed by atoms with Crippen LogP contribution in [-0.2, 0) is 0 Å². The van der Waals surface area contributed by atoms with Crippen molar-refractivity contribution in [2.45, 2.75) is 39.7 Å². The second kappa shape index (κ2) is 7.37. The Hall–Kier alpha value is -0.970. The highest BCUT2D eigenvalue weighted by atomic mass is 35.5. The highest BCUT2D eigenvalue weighted by molar-refractivity contribution is 6.30. The van der Waals surface area contributed by atoms with E-state index in [0.717, 1.165) is 24.4 Å². The second-order valence-electron chi connectivity index (χ2n) is 4.08. The zero-order chi connectivity index (χ0) is 12.7. The van der Waals surface area contributed by atoms with Gasteiger partial charge in [0.05, 0.1) is 0 Å². The molecule has 17 heavy (non-hydrogen) atoms. The maximum absolute atomic E-state index is 5.98. The molecule has 0 saturated carbocycles. The van der Waals surface area contributed by atoms with Crippen LogP contribution >= 0.6 is 11.6 Å². The molecular weight excluding hydrogens is 230 g/mol. The van der Waals surface area contributed by atoms with Gasteiger partial charge in [-0.1, -0.05) is 24.6 Å². The zero-order valence-electron chi connectivity index (χ0n) is 10.8. The normalized spacial score (nSPS) is 11.8. The van der Waals surface area contributed by atoms with E-state index >= 15 is 0 Å². The summed E-state index contributed by atoms with van der Waals surface area (Å²) in [6, 6.07) is 6.47. The van der Waals surface area contributed by atoms with E-state index in [4.69, 9.17) is 11.6 Å². The van der Waals surface area contributed by atoms with Gasteiger partial charge in [-0.25, -0.2) is 0 Å². The van der Waals surface area contributed by atoms with Crippen molar-refractivity contribution in [2.24, 2.45) is 0 Å². The molecule has 0 aliphatic carbocycles. The summed E-state index contributed by atoms with van der Waals surface area (Å²) >= 11 is 5.98. The van der Waals surface area contributed by atoms with Crippen molar-refractivity contribution in [3.05, 3.63) is 34.3 Å². The molecule has 0 aliphatic rings. The Bertz CT molecular complexity index is 415. The third-order valence-corrected chi connectivity index (χ3v) is 3.03. The summed E-state index contributed by atoms with van der Waals surface area (Å²) in [4.78, 5) is 0. The maximum atomic E-state index is 5.98. The maximum Gasteiger partial charge on any atom is 0.0408 e. The van der Waals surface area contributed by atoms with Crippen molar-refractivity contribution in [1.82, 2.24) is 5.32 Å². The van der Waals surface area contributed by atoms with Crippen LogP contribution in [-0.4, -0.2) is 6.54 Å². The summed E-state index contributed by atoms with van der Waals surface area (Å²) in [5.41, 5.74) is 2.57. The van der Waals surface area contributed by atoms with Gasteiger partial charge in [0.25, 0.3) is 0 Å². The van der Waals surface area contributed by atoms with Crippen molar-refractivity contribution in [2.75, 3.05) is 6.54 Å². The van der Waals surface area contributed by atoms with Crippen molar-refractivity contribution in [3.8, 4) is 11.8 Å². The van der Waals surface area contributed by atoms with Crippen LogP contribution < -0.4 is 5.32 Å². The average molecular weight is 250 g/mol. The van der Waals surface area contributed by atoms with Gasteiger partial charge in [-0.2, -0.15) is 0 Å². The third-order valence-electron chi connectivity index (χ3n) is 2.79. The zero-order valence-corrected chi connectivity index (χ0v) is 11.6. The first-order valence-electron chi connectivity index (χ1n) is 6.08. The smallest absolute Gasteiger partial charge is 0.0408 e. The molecular formula is C15H20ClN. The van der Waals surface area contributed by atoms with E-state index in [0.29, 0.717) is 6.04 Å². The molecule has 1 nitrogen and oxygen atoms in total. The first-order valence-corrected chi connectivity index (χ1v) is 6.45. The van der Waals surface area contributed by atoms with Crippen molar-refractivity contribution in [1.29, 1.82) is 0 Å². The molecule has 0 bridgehead atoms. The van der Waals surface area contributed by atoms with Crippen LogP contribution in [0.3, 0.4) is 0 Å². The summed E-state index contributed by atoms with van der Waals surface area (Å²) in [6.07, 6.45) is 1.97. The molecule has 2 heteroatoms. The summed E-state index contributed by atoms with van der Waals surface area (Å²) in [7, 11) is 0. The first-order chi connectivity index (χ1) is 8.19. The SMILES string of the molecule is CC#CCCC(NCC)c1ccc(Cl)cc1C. The Labute approximate surface area is 110 Å². The number of nitrogens with one attached hydrogen (secondary N) is 1. The Morgan fingerprint density at radius 2 is 2.18 bits per heavy atom. The van der Waals surface area contributed by atoms with E-state index in [1.165, 1.54) is 11.1 Å². The Balaban J connectivity index is 2.83. The fourth-order valence-electron chi connectivity index (χ4n) is 1.99. The number of hydrogen-bond donors (Lipinski definition) is 1. The lowest BCUT2D eigenvalue weighted by Crippen LogP contribution is -2.21. The van der Waals surface area contributed by atoms with Gasteiger partial charge in [-0.15, -0.1) is 11.8 Å². The predicted molar refractivity (Wildman–Crippen MR) is 75.3 cm³/mol. The highest BCUT2D eigenvalue weighted by Crippen LogP contribution is 2.24. The van der Waals surface area contributed by atoms with Crippen LogP contribution in [0, 0.1) is 18.8 Å². The minimum absolute atomic E-state index is 0.373. The van der Waals surface area contributed by atoms with Gasteiger partial charge in [0.15, 0.2) is 0 Å². The van der Waals surface area contributed by atoms with Gasteiger partial charge in [0.1, 0.15) is 0 Å². The third kappa shape index (κ3) is 4.42. The van der Waals surface area contributed by atoms with E-state index in [1.807, 2.05) is 19.1 Å². The Kier molecular flexibility index (Phi) is 6.11. The van der Waals surface area contributed by atoms with Gasteiger partial charge in [-0.05, 0) is 50.1 Å². The molecule has 1 unspecified atom stereocenters. The van der Waals surface area contributed by atoms with Crippen LogP contribution in [0.5, 0.6) is 0 Å². The Morgan fingerprint density at radius 1 is 1.41 bits per heavy atom.